The van der Waals surface area contributed by atoms with Gasteiger partial charge in [0.2, 0.25) is 0 Å². The van der Waals surface area contributed by atoms with Gasteiger partial charge in [-0.3, -0.25) is 9.59 Å². The summed E-state index contributed by atoms with van der Waals surface area (Å²) in [5, 5.41) is 2.72. The Kier molecular flexibility index (Phi) is 6.12. The second-order valence-electron chi connectivity index (χ2n) is 7.12. The van der Waals surface area contributed by atoms with Crippen molar-refractivity contribution in [1.82, 2.24) is 10.2 Å². The number of carbonyl (C=O) groups is 2. The average molecular weight is 419 g/mol. The van der Waals surface area contributed by atoms with Crippen LogP contribution in [0.2, 0.25) is 0 Å². The molecule has 0 unspecified atom stereocenters. The molecule has 2 heterocycles. The van der Waals surface area contributed by atoms with Gasteiger partial charge < -0.3 is 19.5 Å². The normalized spacial score (nSPS) is 14.4. The van der Waals surface area contributed by atoms with Gasteiger partial charge in [-0.15, -0.1) is 0 Å². The fraction of sp³-hybridized carbons (Fsp3) is 0.167. The first-order valence-electron chi connectivity index (χ1n) is 10.0. The molecule has 31 heavy (non-hydrogen) atoms. The highest BCUT2D eigenvalue weighted by Crippen LogP contribution is 2.21. The van der Waals surface area contributed by atoms with E-state index < -0.39 is 0 Å². The number of carbonyl (C=O) groups excluding carboxylic acids is 2. The molecule has 1 fully saturated rings. The molecule has 0 atom stereocenters. The van der Waals surface area contributed by atoms with Crippen molar-refractivity contribution < 1.29 is 18.4 Å². The Bertz CT molecular complexity index is 1070. The molecule has 6 nitrogen and oxygen atoms in total. The van der Waals surface area contributed by atoms with Crippen molar-refractivity contribution in [2.24, 2.45) is 0 Å². The molecule has 0 spiro atoms. The van der Waals surface area contributed by atoms with Crippen LogP contribution < -0.4 is 10.2 Å². The summed E-state index contributed by atoms with van der Waals surface area (Å²) in [6.07, 6.45) is 3.02. The van der Waals surface area contributed by atoms with E-state index in [4.69, 9.17) is 4.42 Å². The quantitative estimate of drug-likeness (QED) is 0.643. The highest BCUT2D eigenvalue weighted by Gasteiger charge is 2.26. The number of piperazine rings is 1. The molecule has 3 aromatic rings. The molecule has 1 N–H and O–H groups in total. The lowest BCUT2D eigenvalue weighted by Crippen LogP contribution is -2.50. The topological polar surface area (TPSA) is 65.8 Å². The summed E-state index contributed by atoms with van der Waals surface area (Å²) < 4.78 is 19.4. The van der Waals surface area contributed by atoms with Crippen molar-refractivity contribution >= 4 is 23.6 Å². The summed E-state index contributed by atoms with van der Waals surface area (Å²) in [6, 6.07) is 18.7. The Morgan fingerprint density at radius 2 is 1.61 bits per heavy atom. The van der Waals surface area contributed by atoms with Crippen LogP contribution in [-0.2, 0) is 4.79 Å². The third kappa shape index (κ3) is 4.83. The number of para-hydroxylation sites is 1. The highest BCUT2D eigenvalue weighted by atomic mass is 19.1. The minimum atomic E-state index is -0.378. The fourth-order valence-corrected chi connectivity index (χ4v) is 3.48. The van der Waals surface area contributed by atoms with E-state index >= 15 is 0 Å². The fourth-order valence-electron chi connectivity index (χ4n) is 3.48. The van der Waals surface area contributed by atoms with Crippen LogP contribution in [0.25, 0.3) is 6.08 Å². The van der Waals surface area contributed by atoms with Crippen molar-refractivity contribution in [2.75, 3.05) is 31.1 Å². The van der Waals surface area contributed by atoms with Gasteiger partial charge in [-0.1, -0.05) is 30.3 Å². The van der Waals surface area contributed by atoms with E-state index in [1.807, 2.05) is 11.0 Å². The lowest BCUT2D eigenvalue weighted by atomic mass is 10.2. The second kappa shape index (κ2) is 9.30. The van der Waals surface area contributed by atoms with Gasteiger partial charge in [-0.25, -0.2) is 4.39 Å². The molecule has 2 amide bonds. The zero-order valence-corrected chi connectivity index (χ0v) is 16.8. The summed E-state index contributed by atoms with van der Waals surface area (Å²) in [5.41, 5.74) is 1.10. The number of halogens is 1. The van der Waals surface area contributed by atoms with Crippen LogP contribution >= 0.6 is 0 Å². The van der Waals surface area contributed by atoms with Crippen molar-refractivity contribution in [3.05, 3.63) is 95.8 Å². The van der Waals surface area contributed by atoms with Gasteiger partial charge in [0.15, 0.2) is 0 Å². The minimum absolute atomic E-state index is 0.128. The Labute approximate surface area is 179 Å². The van der Waals surface area contributed by atoms with Gasteiger partial charge in [-0.05, 0) is 36.4 Å². The van der Waals surface area contributed by atoms with E-state index in [9.17, 15) is 14.0 Å². The SMILES string of the molecule is O=C(N/C(=C\c1ccco1)C(=O)N1CCN(c2ccccc2F)CC1)c1ccccc1. The third-order valence-corrected chi connectivity index (χ3v) is 5.10. The van der Waals surface area contributed by atoms with Gasteiger partial charge in [-0.2, -0.15) is 0 Å². The lowest BCUT2D eigenvalue weighted by Gasteiger charge is -2.36. The van der Waals surface area contributed by atoms with Crippen LogP contribution in [0.3, 0.4) is 0 Å². The molecule has 1 saturated heterocycles. The van der Waals surface area contributed by atoms with Crippen LogP contribution in [0.15, 0.2) is 83.1 Å². The number of hydrogen-bond donors (Lipinski definition) is 1. The van der Waals surface area contributed by atoms with Crippen molar-refractivity contribution in [1.29, 1.82) is 0 Å². The van der Waals surface area contributed by atoms with Crippen LogP contribution in [0, 0.1) is 5.82 Å². The molecule has 0 bridgehead atoms. The summed E-state index contributed by atoms with van der Waals surface area (Å²) in [4.78, 5) is 29.4. The predicted octanol–water partition coefficient (Wildman–Crippen LogP) is 3.54. The van der Waals surface area contributed by atoms with Gasteiger partial charge >= 0.3 is 0 Å². The maximum atomic E-state index is 14.1. The Hall–Kier alpha value is -3.87. The molecule has 7 heteroatoms. The molecule has 158 valence electrons. The van der Waals surface area contributed by atoms with Gasteiger partial charge in [0.05, 0.1) is 12.0 Å². The number of amides is 2. The zero-order valence-electron chi connectivity index (χ0n) is 16.8. The van der Waals surface area contributed by atoms with Gasteiger partial charge in [0.25, 0.3) is 11.8 Å². The van der Waals surface area contributed by atoms with E-state index in [0.29, 0.717) is 43.2 Å². The molecule has 1 aromatic heterocycles. The van der Waals surface area contributed by atoms with Crippen LogP contribution in [0.1, 0.15) is 16.1 Å². The van der Waals surface area contributed by atoms with Crippen LogP contribution in [0.4, 0.5) is 10.1 Å². The lowest BCUT2D eigenvalue weighted by molar-refractivity contribution is -0.127. The third-order valence-electron chi connectivity index (χ3n) is 5.10. The smallest absolute Gasteiger partial charge is 0.270 e. The Morgan fingerprint density at radius 1 is 0.903 bits per heavy atom. The standard InChI is InChI=1S/C24H22FN3O3/c25-20-10-4-5-11-22(20)27-12-14-28(15-13-27)24(30)21(17-19-9-6-16-31-19)26-23(29)18-7-2-1-3-8-18/h1-11,16-17H,12-15H2,(H,26,29)/b21-17-. The minimum Gasteiger partial charge on any atom is -0.465 e. The van der Waals surface area contributed by atoms with Gasteiger partial charge in [0, 0.05) is 37.8 Å². The molecule has 1 aliphatic rings. The number of hydrogen-bond acceptors (Lipinski definition) is 4. The zero-order chi connectivity index (χ0) is 21.6. The molecule has 0 aliphatic carbocycles. The molecule has 0 saturated carbocycles. The number of nitrogens with one attached hydrogen (secondary N) is 1. The van der Waals surface area contributed by atoms with E-state index in [-0.39, 0.29) is 23.3 Å². The molecule has 2 aromatic carbocycles. The Morgan fingerprint density at radius 3 is 2.29 bits per heavy atom. The summed E-state index contributed by atoms with van der Waals surface area (Å²) in [5.74, 6) is -0.511. The van der Waals surface area contributed by atoms with Crippen LogP contribution in [0.5, 0.6) is 0 Å². The number of nitrogens with zero attached hydrogens (tertiary/aromatic N) is 2. The maximum Gasteiger partial charge on any atom is 0.270 e. The average Bonchev–Trinajstić information content (AvgIpc) is 3.32. The Balaban J connectivity index is 1.49. The first kappa shape index (κ1) is 20.4. The van der Waals surface area contributed by atoms with Crippen molar-refractivity contribution in [3.63, 3.8) is 0 Å². The van der Waals surface area contributed by atoms with Gasteiger partial charge in [0.1, 0.15) is 17.3 Å². The summed E-state index contributed by atoms with van der Waals surface area (Å²) >= 11 is 0. The predicted molar refractivity (Wildman–Crippen MR) is 116 cm³/mol. The number of furan rings is 1. The first-order chi connectivity index (χ1) is 15.1. The van der Waals surface area contributed by atoms with E-state index in [1.54, 1.807) is 59.5 Å². The summed E-state index contributed by atoms with van der Waals surface area (Å²) in [7, 11) is 0. The number of rotatable bonds is 5. The summed E-state index contributed by atoms with van der Waals surface area (Å²) in [6.45, 7) is 1.80. The maximum absolute atomic E-state index is 14.1. The van der Waals surface area contributed by atoms with Crippen LogP contribution in [-0.4, -0.2) is 42.9 Å². The molecule has 0 radical (unpaired) electrons. The van der Waals surface area contributed by atoms with E-state index in [2.05, 4.69) is 5.32 Å². The van der Waals surface area contributed by atoms with E-state index in [1.165, 1.54) is 18.4 Å². The molecule has 4 rings (SSSR count). The first-order valence-corrected chi connectivity index (χ1v) is 10.0. The largest absolute Gasteiger partial charge is 0.465 e. The molecular weight excluding hydrogens is 397 g/mol. The number of anilines is 1. The second-order valence-corrected chi connectivity index (χ2v) is 7.12. The molecule has 1 aliphatic heterocycles. The highest BCUT2D eigenvalue weighted by molar-refractivity contribution is 6.05. The molecular formula is C24H22FN3O3. The monoisotopic (exact) mass is 419 g/mol. The number of benzene rings is 2. The van der Waals surface area contributed by atoms with Crippen molar-refractivity contribution in [2.45, 2.75) is 0 Å². The van der Waals surface area contributed by atoms with Crippen molar-refractivity contribution in [3.8, 4) is 0 Å². The van der Waals surface area contributed by atoms with E-state index in [0.717, 1.165) is 0 Å².